The maximum Gasteiger partial charge on any atom is 0.414 e. The highest BCUT2D eigenvalue weighted by Crippen LogP contribution is 2.42. The molecule has 1 aromatic carbocycles. The van der Waals surface area contributed by atoms with Crippen LogP contribution in [0.1, 0.15) is 0 Å². The zero-order chi connectivity index (χ0) is 16.0. The summed E-state index contributed by atoms with van der Waals surface area (Å²) in [5.41, 5.74) is 1.44. The number of hydrogen-bond donors (Lipinski definition) is 1. The number of aliphatic hydroxyl groups excluding tert-OH is 1. The second-order valence-corrected chi connectivity index (χ2v) is 5.39. The Labute approximate surface area is 132 Å². The quantitative estimate of drug-likeness (QED) is 0.679. The highest BCUT2D eigenvalue weighted by Gasteiger charge is 2.42. The van der Waals surface area contributed by atoms with Gasteiger partial charge in [-0.15, -0.1) is 6.58 Å². The van der Waals surface area contributed by atoms with Crippen molar-refractivity contribution in [3.63, 3.8) is 0 Å². The molecule has 1 N–H and O–H groups in total. The summed E-state index contributed by atoms with van der Waals surface area (Å²) in [4.78, 5) is 19.8. The smallest absolute Gasteiger partial charge is 0.414 e. The third-order valence-electron chi connectivity index (χ3n) is 4.04. The molecule has 1 aromatic rings. The van der Waals surface area contributed by atoms with Gasteiger partial charge >= 0.3 is 11.9 Å². The fourth-order valence-electron chi connectivity index (χ4n) is 2.87. The number of aliphatic hydroxyl groups is 1. The Morgan fingerprint density at radius 1 is 1.52 bits per heavy atom. The molecule has 3 aliphatic heterocycles. The summed E-state index contributed by atoms with van der Waals surface area (Å²) in [6, 6.07) is 5.54. The van der Waals surface area contributed by atoms with Crippen LogP contribution in [0.4, 0.5) is 16.2 Å². The van der Waals surface area contributed by atoms with Crippen LogP contribution in [0.2, 0.25) is 0 Å². The topological polar surface area (TPSA) is 77.3 Å². The number of amides is 1. The van der Waals surface area contributed by atoms with Crippen LogP contribution in [0.25, 0.3) is 0 Å². The minimum atomic E-state index is -0.898. The molecule has 0 bridgehead atoms. The first-order valence-corrected chi connectivity index (χ1v) is 7.26. The van der Waals surface area contributed by atoms with Crippen molar-refractivity contribution in [2.24, 2.45) is 4.99 Å². The number of amidine groups is 1. The molecular weight excluding hydrogens is 298 g/mol. The highest BCUT2D eigenvalue weighted by molar-refractivity contribution is 6.00. The number of anilines is 2. The Morgan fingerprint density at radius 2 is 2.39 bits per heavy atom. The van der Waals surface area contributed by atoms with E-state index in [1.54, 1.807) is 12.3 Å². The number of carbonyl (C=O) groups excluding carboxylic acids is 1. The molecule has 0 saturated carbocycles. The standard InChI is InChI=1S/C16H15N3O4/c1-2-12(20)13-8-19(16(21)23-13)11-5-3-4-10-15(11)22-9-14-17-6-7-18(10)14/h2-7,12-13,20H,1,8-9H2/q+1/t12?,13-/m1/s1. The second-order valence-electron chi connectivity index (χ2n) is 5.39. The summed E-state index contributed by atoms with van der Waals surface area (Å²) in [6.07, 6.45) is 2.88. The molecule has 117 valence electrons. The van der Waals surface area contributed by atoms with Crippen molar-refractivity contribution >= 4 is 23.3 Å². The van der Waals surface area contributed by atoms with Crippen molar-refractivity contribution in [2.45, 2.75) is 12.2 Å². The molecule has 0 aliphatic carbocycles. The lowest BCUT2D eigenvalue weighted by Crippen LogP contribution is -2.35. The molecule has 7 heteroatoms. The van der Waals surface area contributed by atoms with Gasteiger partial charge in [0.1, 0.15) is 6.10 Å². The number of benzene rings is 1. The van der Waals surface area contributed by atoms with Gasteiger partial charge in [0.05, 0.1) is 18.4 Å². The number of hydrogen-bond acceptors (Lipinski definition) is 6. The van der Waals surface area contributed by atoms with E-state index in [9.17, 15) is 9.90 Å². The highest BCUT2D eigenvalue weighted by atomic mass is 16.6. The minimum Gasteiger partial charge on any atom is -0.473 e. The van der Waals surface area contributed by atoms with E-state index >= 15 is 0 Å². The molecule has 1 fully saturated rings. The summed E-state index contributed by atoms with van der Waals surface area (Å²) in [5.74, 6) is 1.40. The first-order chi connectivity index (χ1) is 11.2. The van der Waals surface area contributed by atoms with E-state index in [2.05, 4.69) is 11.6 Å². The van der Waals surface area contributed by atoms with Gasteiger partial charge < -0.3 is 14.6 Å². The Balaban J connectivity index is 1.70. The van der Waals surface area contributed by atoms with Crippen molar-refractivity contribution < 1.29 is 19.4 Å². The van der Waals surface area contributed by atoms with Gasteiger partial charge in [0, 0.05) is 6.07 Å². The van der Waals surface area contributed by atoms with E-state index in [4.69, 9.17) is 9.47 Å². The Hall–Kier alpha value is -2.64. The minimum absolute atomic E-state index is 0.239. The average Bonchev–Trinajstić information content (AvgIpc) is 3.20. The van der Waals surface area contributed by atoms with Gasteiger partial charge in [-0.3, -0.25) is 4.90 Å². The summed E-state index contributed by atoms with van der Waals surface area (Å²) in [6.45, 7) is 4.09. The first kappa shape index (κ1) is 14.0. The average molecular weight is 313 g/mol. The zero-order valence-corrected chi connectivity index (χ0v) is 12.3. The number of fused-ring (bicyclic) bond motifs is 3. The number of carbonyl (C=O) groups is 1. The van der Waals surface area contributed by atoms with E-state index in [-0.39, 0.29) is 6.54 Å². The van der Waals surface area contributed by atoms with Crippen molar-refractivity contribution in [3.8, 4) is 5.75 Å². The van der Waals surface area contributed by atoms with Gasteiger partial charge in [-0.2, -0.15) is 4.99 Å². The third-order valence-corrected chi connectivity index (χ3v) is 4.04. The zero-order valence-electron chi connectivity index (χ0n) is 12.3. The van der Waals surface area contributed by atoms with E-state index in [1.165, 1.54) is 11.0 Å². The summed E-state index contributed by atoms with van der Waals surface area (Å²) in [5, 5.41) is 9.82. The van der Waals surface area contributed by atoms with Crippen LogP contribution in [0.15, 0.2) is 48.2 Å². The van der Waals surface area contributed by atoms with Crippen molar-refractivity contribution in [2.75, 3.05) is 18.1 Å². The Bertz CT molecular complexity index is 743. The molecule has 2 atom stereocenters. The molecule has 0 aromatic heterocycles. The van der Waals surface area contributed by atoms with Gasteiger partial charge in [0.15, 0.2) is 18.9 Å². The fraction of sp³-hybridized carbons (Fsp3) is 0.250. The monoisotopic (exact) mass is 313 g/mol. The number of ether oxygens (including phenoxy) is 2. The molecule has 1 unspecified atom stereocenters. The van der Waals surface area contributed by atoms with Crippen molar-refractivity contribution in [3.05, 3.63) is 43.3 Å². The lowest BCUT2D eigenvalue weighted by molar-refractivity contribution is 0.0593. The molecule has 1 saturated heterocycles. The maximum absolute atomic E-state index is 12.2. The van der Waals surface area contributed by atoms with Gasteiger partial charge in [0.25, 0.3) is 0 Å². The van der Waals surface area contributed by atoms with Gasteiger partial charge in [-0.25, -0.2) is 4.79 Å². The van der Waals surface area contributed by atoms with Crippen LogP contribution in [-0.4, -0.2) is 42.4 Å². The van der Waals surface area contributed by atoms with Crippen molar-refractivity contribution in [1.82, 2.24) is 4.90 Å². The van der Waals surface area contributed by atoms with Crippen LogP contribution in [0, 0.1) is 0 Å². The molecule has 1 amide bonds. The van der Waals surface area contributed by atoms with Crippen LogP contribution in [0.3, 0.4) is 0 Å². The Morgan fingerprint density at radius 3 is 3.22 bits per heavy atom. The van der Waals surface area contributed by atoms with Gasteiger partial charge in [-0.1, -0.05) is 12.1 Å². The number of para-hydroxylation sites is 1. The van der Waals surface area contributed by atoms with E-state index in [1.807, 2.05) is 23.2 Å². The van der Waals surface area contributed by atoms with Crippen LogP contribution < -0.4 is 14.5 Å². The van der Waals surface area contributed by atoms with Crippen LogP contribution in [0.5, 0.6) is 5.75 Å². The SMILES string of the molecule is C=CC(O)[C@H]1CN(c2cccc3c2OCC2=NC=C[N+]23)C(=O)O1. The van der Waals surface area contributed by atoms with E-state index in [0.29, 0.717) is 18.0 Å². The first-order valence-electron chi connectivity index (χ1n) is 7.26. The Kier molecular flexibility index (Phi) is 3.17. The van der Waals surface area contributed by atoms with Crippen LogP contribution in [-0.2, 0) is 4.74 Å². The molecule has 7 nitrogen and oxygen atoms in total. The molecular formula is C16H15N3O4+. The molecule has 0 spiro atoms. The van der Waals surface area contributed by atoms with Crippen molar-refractivity contribution in [1.29, 1.82) is 0 Å². The lowest BCUT2D eigenvalue weighted by Gasteiger charge is -2.22. The molecule has 4 rings (SSSR count). The van der Waals surface area contributed by atoms with E-state index < -0.39 is 18.3 Å². The number of nitrogens with zero attached hydrogens (tertiary/aromatic N) is 3. The van der Waals surface area contributed by atoms with Gasteiger partial charge in [0.2, 0.25) is 11.4 Å². The molecule has 1 radical (unpaired) electrons. The largest absolute Gasteiger partial charge is 0.473 e. The summed E-state index contributed by atoms with van der Waals surface area (Å²) in [7, 11) is 0. The van der Waals surface area contributed by atoms with E-state index in [0.717, 1.165) is 11.5 Å². The summed E-state index contributed by atoms with van der Waals surface area (Å²) < 4.78 is 11.0. The normalized spacial score (nSPS) is 23.7. The lowest BCUT2D eigenvalue weighted by atomic mass is 10.1. The molecule has 3 heterocycles. The molecule has 23 heavy (non-hydrogen) atoms. The maximum atomic E-state index is 12.2. The summed E-state index contributed by atoms with van der Waals surface area (Å²) >= 11 is 0. The number of aliphatic imine (C=N–C) groups is 1. The molecule has 3 aliphatic rings. The van der Waals surface area contributed by atoms with Crippen LogP contribution >= 0.6 is 0 Å². The predicted molar refractivity (Wildman–Crippen MR) is 84.1 cm³/mol. The predicted octanol–water partition coefficient (Wildman–Crippen LogP) is 1.61. The number of rotatable bonds is 3. The fourth-order valence-corrected chi connectivity index (χ4v) is 2.87. The third kappa shape index (κ3) is 2.13. The van der Waals surface area contributed by atoms with Gasteiger partial charge in [-0.05, 0) is 11.0 Å². The number of cyclic esters (lactones) is 1. The second kappa shape index (κ2) is 5.22.